The van der Waals surface area contributed by atoms with Gasteiger partial charge in [-0.1, -0.05) is 24.3 Å². The van der Waals surface area contributed by atoms with Gasteiger partial charge in [0, 0.05) is 18.8 Å². The predicted molar refractivity (Wildman–Crippen MR) is 123 cm³/mol. The number of anilines is 1. The third kappa shape index (κ3) is 5.16. The second-order valence-electron chi connectivity index (χ2n) is 7.24. The maximum absolute atomic E-state index is 13.1. The van der Waals surface area contributed by atoms with Crippen molar-refractivity contribution in [3.63, 3.8) is 0 Å². The third-order valence-corrected chi connectivity index (χ3v) is 7.09. The molecule has 0 aliphatic carbocycles. The minimum Gasteiger partial charge on any atom is -0.493 e. The van der Waals surface area contributed by atoms with E-state index in [2.05, 4.69) is 5.32 Å². The van der Waals surface area contributed by atoms with Crippen molar-refractivity contribution >= 4 is 21.6 Å². The van der Waals surface area contributed by atoms with Crippen LogP contribution < -0.4 is 14.8 Å². The van der Waals surface area contributed by atoms with Gasteiger partial charge in [0.05, 0.1) is 30.8 Å². The molecule has 1 aliphatic rings. The Kier molecular flexibility index (Phi) is 6.93. The number of amides is 1. The van der Waals surface area contributed by atoms with Crippen LogP contribution in [0.2, 0.25) is 0 Å². The second-order valence-corrected chi connectivity index (χ2v) is 9.15. The molecule has 0 unspecified atom stereocenters. The summed E-state index contributed by atoms with van der Waals surface area (Å²) in [7, 11) is -2.25. The molecule has 1 heterocycles. The molecular weight excluding hydrogens is 444 g/mol. The Morgan fingerprint density at radius 1 is 0.909 bits per heavy atom. The quantitative estimate of drug-likeness (QED) is 0.568. The number of morpholine rings is 1. The number of hydrogen-bond donors (Lipinski definition) is 1. The van der Waals surface area contributed by atoms with Crippen molar-refractivity contribution in [2.24, 2.45) is 0 Å². The fourth-order valence-electron chi connectivity index (χ4n) is 3.44. The maximum Gasteiger partial charge on any atom is 0.257 e. The molecule has 1 aliphatic heterocycles. The summed E-state index contributed by atoms with van der Waals surface area (Å²) < 4.78 is 43.9. The topological polar surface area (TPSA) is 94.2 Å². The highest BCUT2D eigenvalue weighted by Gasteiger charge is 2.30. The molecule has 4 rings (SSSR count). The van der Waals surface area contributed by atoms with Gasteiger partial charge in [-0.15, -0.1) is 0 Å². The average Bonchev–Trinajstić information content (AvgIpc) is 2.86. The summed E-state index contributed by atoms with van der Waals surface area (Å²) in [6, 6.07) is 20.3. The lowest BCUT2D eigenvalue weighted by molar-refractivity contribution is 0.0730. The summed E-state index contributed by atoms with van der Waals surface area (Å²) >= 11 is 0. The summed E-state index contributed by atoms with van der Waals surface area (Å²) in [6.45, 7) is 1.17. The number of carbonyl (C=O) groups is 1. The summed E-state index contributed by atoms with van der Waals surface area (Å²) in [6.07, 6.45) is 0. The first-order chi connectivity index (χ1) is 16.0. The average molecular weight is 469 g/mol. The molecular formula is C24H24N2O6S. The fourth-order valence-corrected chi connectivity index (χ4v) is 5.04. The number of hydrogen-bond acceptors (Lipinski definition) is 6. The summed E-state index contributed by atoms with van der Waals surface area (Å²) in [5.41, 5.74) is 0.587. The standard InChI is InChI=1S/C24H24N2O6S/c1-30-21-7-3-4-8-22(21)32-19-12-10-18(11-13-19)25-24(27)20-6-2-5-9-23(20)33(28,29)26-14-16-31-17-15-26/h2-13H,14-17H2,1H3,(H,25,27). The van der Waals surface area contributed by atoms with Crippen LogP contribution in [-0.4, -0.2) is 52.0 Å². The molecule has 8 nitrogen and oxygen atoms in total. The van der Waals surface area contributed by atoms with Crippen LogP contribution >= 0.6 is 0 Å². The number of carbonyl (C=O) groups excluding carboxylic acids is 1. The van der Waals surface area contributed by atoms with E-state index in [-0.39, 0.29) is 23.5 Å². The normalized spacial score (nSPS) is 14.5. The van der Waals surface area contributed by atoms with Gasteiger partial charge in [0.1, 0.15) is 5.75 Å². The van der Waals surface area contributed by atoms with Crippen molar-refractivity contribution < 1.29 is 27.4 Å². The Labute approximate surface area is 192 Å². The van der Waals surface area contributed by atoms with E-state index in [0.717, 1.165) is 0 Å². The highest BCUT2D eigenvalue weighted by Crippen LogP contribution is 2.31. The zero-order valence-corrected chi connectivity index (χ0v) is 18.9. The lowest BCUT2D eigenvalue weighted by Crippen LogP contribution is -2.41. The maximum atomic E-state index is 13.1. The first kappa shape index (κ1) is 22.8. The van der Waals surface area contributed by atoms with Gasteiger partial charge >= 0.3 is 0 Å². The Bertz CT molecular complexity index is 1220. The Morgan fingerprint density at radius 3 is 2.24 bits per heavy atom. The molecule has 1 amide bonds. The molecule has 0 spiro atoms. The molecule has 3 aromatic carbocycles. The number of rotatable bonds is 7. The van der Waals surface area contributed by atoms with Crippen molar-refractivity contribution in [2.45, 2.75) is 4.90 Å². The number of para-hydroxylation sites is 2. The number of nitrogens with zero attached hydrogens (tertiary/aromatic N) is 1. The molecule has 172 valence electrons. The van der Waals surface area contributed by atoms with Crippen LogP contribution in [0.4, 0.5) is 5.69 Å². The van der Waals surface area contributed by atoms with E-state index in [4.69, 9.17) is 14.2 Å². The third-order valence-electron chi connectivity index (χ3n) is 5.13. The first-order valence-corrected chi connectivity index (χ1v) is 11.8. The molecule has 1 N–H and O–H groups in total. The number of nitrogens with one attached hydrogen (secondary N) is 1. The number of benzene rings is 3. The molecule has 1 saturated heterocycles. The van der Waals surface area contributed by atoms with E-state index < -0.39 is 15.9 Å². The molecule has 33 heavy (non-hydrogen) atoms. The predicted octanol–water partition coefficient (Wildman–Crippen LogP) is 3.76. The summed E-state index contributed by atoms with van der Waals surface area (Å²) in [4.78, 5) is 12.9. The smallest absolute Gasteiger partial charge is 0.257 e. The van der Waals surface area contributed by atoms with Crippen LogP contribution in [0.3, 0.4) is 0 Å². The van der Waals surface area contributed by atoms with Crippen LogP contribution in [0.1, 0.15) is 10.4 Å². The number of sulfonamides is 1. The highest BCUT2D eigenvalue weighted by molar-refractivity contribution is 7.89. The van der Waals surface area contributed by atoms with Gasteiger partial charge in [0.15, 0.2) is 11.5 Å². The van der Waals surface area contributed by atoms with Gasteiger partial charge in [-0.2, -0.15) is 4.31 Å². The van der Waals surface area contributed by atoms with Gasteiger partial charge in [-0.3, -0.25) is 4.79 Å². The molecule has 9 heteroatoms. The molecule has 1 fully saturated rings. The first-order valence-electron chi connectivity index (χ1n) is 10.4. The SMILES string of the molecule is COc1ccccc1Oc1ccc(NC(=O)c2ccccc2S(=O)(=O)N2CCOCC2)cc1. The zero-order valence-electron chi connectivity index (χ0n) is 18.1. The van der Waals surface area contributed by atoms with E-state index >= 15 is 0 Å². The van der Waals surface area contributed by atoms with Crippen molar-refractivity contribution in [1.29, 1.82) is 0 Å². The molecule has 0 saturated carbocycles. The summed E-state index contributed by atoms with van der Waals surface area (Å²) in [5, 5.41) is 2.76. The Hall–Kier alpha value is -3.40. The molecule has 0 radical (unpaired) electrons. The van der Waals surface area contributed by atoms with Gasteiger partial charge in [0.2, 0.25) is 10.0 Å². The second kappa shape index (κ2) is 10.0. The Morgan fingerprint density at radius 2 is 1.55 bits per heavy atom. The largest absolute Gasteiger partial charge is 0.493 e. The van der Waals surface area contributed by atoms with E-state index in [1.165, 1.54) is 16.4 Å². The van der Waals surface area contributed by atoms with Crippen LogP contribution in [-0.2, 0) is 14.8 Å². The van der Waals surface area contributed by atoms with Gasteiger partial charge in [0.25, 0.3) is 5.91 Å². The van der Waals surface area contributed by atoms with Crippen molar-refractivity contribution in [3.8, 4) is 17.2 Å². The number of methoxy groups -OCH3 is 1. The van der Waals surface area contributed by atoms with E-state index in [0.29, 0.717) is 36.1 Å². The van der Waals surface area contributed by atoms with Crippen molar-refractivity contribution in [2.75, 3.05) is 38.7 Å². The van der Waals surface area contributed by atoms with Crippen molar-refractivity contribution in [1.82, 2.24) is 4.31 Å². The highest BCUT2D eigenvalue weighted by atomic mass is 32.2. The minimum absolute atomic E-state index is 0.0273. The van der Waals surface area contributed by atoms with E-state index in [9.17, 15) is 13.2 Å². The summed E-state index contributed by atoms with van der Waals surface area (Å²) in [5.74, 6) is 1.22. The van der Waals surface area contributed by atoms with E-state index in [1.807, 2.05) is 12.1 Å². The minimum atomic E-state index is -3.82. The van der Waals surface area contributed by atoms with Gasteiger partial charge in [-0.05, 0) is 48.5 Å². The lowest BCUT2D eigenvalue weighted by atomic mass is 10.2. The lowest BCUT2D eigenvalue weighted by Gasteiger charge is -2.26. The zero-order chi connectivity index (χ0) is 23.3. The van der Waals surface area contributed by atoms with Crippen LogP contribution in [0.25, 0.3) is 0 Å². The molecule has 0 aromatic heterocycles. The fraction of sp³-hybridized carbons (Fsp3) is 0.208. The molecule has 0 atom stereocenters. The molecule has 0 bridgehead atoms. The number of ether oxygens (including phenoxy) is 3. The van der Waals surface area contributed by atoms with Crippen LogP contribution in [0.15, 0.2) is 77.7 Å². The monoisotopic (exact) mass is 468 g/mol. The molecule has 3 aromatic rings. The van der Waals surface area contributed by atoms with E-state index in [1.54, 1.807) is 55.6 Å². The van der Waals surface area contributed by atoms with Crippen LogP contribution in [0.5, 0.6) is 17.2 Å². The van der Waals surface area contributed by atoms with Gasteiger partial charge in [-0.25, -0.2) is 8.42 Å². The Balaban J connectivity index is 1.50. The van der Waals surface area contributed by atoms with Crippen LogP contribution in [0, 0.1) is 0 Å². The van der Waals surface area contributed by atoms with Crippen molar-refractivity contribution in [3.05, 3.63) is 78.4 Å². The van der Waals surface area contributed by atoms with Gasteiger partial charge < -0.3 is 19.5 Å².